The number of piperidine rings is 1. The Morgan fingerprint density at radius 2 is 2.17 bits per heavy atom. The molecule has 1 unspecified atom stereocenters. The van der Waals surface area contributed by atoms with Crippen LogP contribution in [0.4, 0.5) is 9.18 Å². The first-order chi connectivity index (χ1) is 11.1. The Bertz CT molecular complexity index is 664. The van der Waals surface area contributed by atoms with E-state index in [1.165, 1.54) is 12.1 Å². The summed E-state index contributed by atoms with van der Waals surface area (Å²) in [5, 5.41) is 3.47. The minimum absolute atomic E-state index is 0.0548. The molecular formula is C14H13FN4O4. The third-order valence-electron chi connectivity index (χ3n) is 3.91. The van der Waals surface area contributed by atoms with E-state index in [1.54, 1.807) is 18.2 Å². The van der Waals surface area contributed by atoms with Gasteiger partial charge in [0.2, 0.25) is 0 Å². The number of amides is 1. The fourth-order valence-electron chi connectivity index (χ4n) is 2.75. The van der Waals surface area contributed by atoms with Crippen molar-refractivity contribution in [1.82, 2.24) is 4.90 Å². The van der Waals surface area contributed by atoms with Gasteiger partial charge < -0.3 is 9.47 Å². The monoisotopic (exact) mass is 320 g/mol. The molecule has 2 fully saturated rings. The molecule has 2 aliphatic heterocycles. The van der Waals surface area contributed by atoms with Gasteiger partial charge in [0.15, 0.2) is 6.17 Å². The summed E-state index contributed by atoms with van der Waals surface area (Å²) in [5.41, 5.74) is 8.91. The third kappa shape index (κ3) is 2.78. The number of halogens is 1. The summed E-state index contributed by atoms with van der Waals surface area (Å²) in [6.07, 6.45) is -3.63. The number of hydrogen-bond acceptors (Lipinski definition) is 5. The Morgan fingerprint density at radius 3 is 2.87 bits per heavy atom. The maximum atomic E-state index is 14.7. The molecule has 0 spiro atoms. The second kappa shape index (κ2) is 6.13. The van der Waals surface area contributed by atoms with Crippen LogP contribution in [0.15, 0.2) is 35.4 Å². The van der Waals surface area contributed by atoms with Gasteiger partial charge in [-0.15, -0.1) is 0 Å². The lowest BCUT2D eigenvalue weighted by Crippen LogP contribution is -2.59. The molecule has 8 nitrogen and oxygen atoms in total. The molecule has 0 aromatic heterocycles. The smallest absolute Gasteiger partial charge is 0.410 e. The van der Waals surface area contributed by atoms with Crippen molar-refractivity contribution in [2.45, 2.75) is 24.4 Å². The lowest BCUT2D eigenvalue weighted by atomic mass is 9.95. The highest BCUT2D eigenvalue weighted by Gasteiger charge is 2.51. The molecular weight excluding hydrogens is 307 g/mol. The average Bonchev–Trinajstić information content (AvgIpc) is 2.93. The highest BCUT2D eigenvalue weighted by atomic mass is 19.1. The number of cyclic esters (lactones) is 1. The highest BCUT2D eigenvalue weighted by Crippen LogP contribution is 2.30. The van der Waals surface area contributed by atoms with Crippen LogP contribution in [0.1, 0.15) is 10.4 Å². The maximum Gasteiger partial charge on any atom is 0.410 e. The van der Waals surface area contributed by atoms with E-state index in [4.69, 9.17) is 15.0 Å². The summed E-state index contributed by atoms with van der Waals surface area (Å²) in [4.78, 5) is 27.5. The van der Waals surface area contributed by atoms with Crippen molar-refractivity contribution in [2.75, 3.05) is 13.2 Å². The summed E-state index contributed by atoms with van der Waals surface area (Å²) >= 11 is 0. The van der Waals surface area contributed by atoms with Crippen LogP contribution < -0.4 is 0 Å². The molecule has 2 aliphatic rings. The SMILES string of the molecule is [N-]=[N+]=NC1CN2C(=O)OC[C@@H]2[C@@H](F)[C@@H]1OC(=O)c1ccccc1. The van der Waals surface area contributed by atoms with Gasteiger partial charge in [0.1, 0.15) is 18.8 Å². The van der Waals surface area contributed by atoms with Crippen LogP contribution in [-0.2, 0) is 9.47 Å². The Kier molecular flexibility index (Phi) is 4.03. The fourth-order valence-corrected chi connectivity index (χ4v) is 2.75. The minimum Gasteiger partial charge on any atom is -0.455 e. The normalized spacial score (nSPS) is 29.3. The summed E-state index contributed by atoms with van der Waals surface area (Å²) in [6.45, 7) is -0.177. The van der Waals surface area contributed by atoms with Gasteiger partial charge in [0.25, 0.3) is 0 Å². The van der Waals surface area contributed by atoms with Gasteiger partial charge in [-0.1, -0.05) is 23.3 Å². The number of azide groups is 1. The number of benzene rings is 1. The maximum absolute atomic E-state index is 14.7. The van der Waals surface area contributed by atoms with E-state index in [9.17, 15) is 14.0 Å². The standard InChI is InChI=1S/C14H13FN4O4/c15-11-10-7-22-14(21)19(10)6-9(17-18-16)12(11)23-13(20)8-4-2-1-3-5-8/h1-5,9-12H,6-7H2/t9?,10-,11-,12-/m1/s1. The van der Waals surface area contributed by atoms with Crippen LogP contribution in [0.25, 0.3) is 10.4 Å². The van der Waals surface area contributed by atoms with Crippen LogP contribution in [0.2, 0.25) is 0 Å². The number of esters is 1. The number of hydrogen-bond donors (Lipinski definition) is 0. The van der Waals surface area contributed by atoms with Crippen LogP contribution >= 0.6 is 0 Å². The molecule has 1 amide bonds. The van der Waals surface area contributed by atoms with Gasteiger partial charge in [-0.05, 0) is 17.7 Å². The molecule has 1 aromatic carbocycles. The molecule has 9 heteroatoms. The summed E-state index contributed by atoms with van der Waals surface area (Å²) in [6, 6.07) is 6.26. The van der Waals surface area contributed by atoms with Gasteiger partial charge in [-0.25, -0.2) is 14.0 Å². The molecule has 120 valence electrons. The van der Waals surface area contributed by atoms with Crippen molar-refractivity contribution in [3.63, 3.8) is 0 Å². The van der Waals surface area contributed by atoms with Crippen molar-refractivity contribution >= 4 is 12.1 Å². The van der Waals surface area contributed by atoms with E-state index in [0.717, 1.165) is 4.90 Å². The van der Waals surface area contributed by atoms with Crippen molar-refractivity contribution in [3.8, 4) is 0 Å². The molecule has 3 rings (SSSR count). The Balaban J connectivity index is 1.82. The highest BCUT2D eigenvalue weighted by molar-refractivity contribution is 5.89. The Labute approximate surface area is 130 Å². The Hall–Kier alpha value is -2.80. The van der Waals surface area contributed by atoms with Crippen LogP contribution in [0.3, 0.4) is 0 Å². The zero-order chi connectivity index (χ0) is 16.4. The lowest BCUT2D eigenvalue weighted by Gasteiger charge is -2.38. The topological polar surface area (TPSA) is 105 Å². The zero-order valence-corrected chi connectivity index (χ0v) is 11.9. The molecule has 2 heterocycles. The number of rotatable bonds is 3. The molecule has 0 N–H and O–H groups in total. The molecule has 2 saturated heterocycles. The van der Waals surface area contributed by atoms with Gasteiger partial charge in [0, 0.05) is 11.5 Å². The van der Waals surface area contributed by atoms with Crippen molar-refractivity contribution in [3.05, 3.63) is 46.3 Å². The van der Waals surface area contributed by atoms with Crippen molar-refractivity contribution in [1.29, 1.82) is 0 Å². The van der Waals surface area contributed by atoms with E-state index in [-0.39, 0.29) is 18.7 Å². The number of alkyl halides is 1. The molecule has 0 radical (unpaired) electrons. The fraction of sp³-hybridized carbons (Fsp3) is 0.429. The average molecular weight is 320 g/mol. The molecule has 23 heavy (non-hydrogen) atoms. The second-order valence-electron chi connectivity index (χ2n) is 5.25. The first-order valence-electron chi connectivity index (χ1n) is 6.99. The summed E-state index contributed by atoms with van der Waals surface area (Å²) < 4.78 is 24.7. The number of nitrogens with zero attached hydrogens (tertiary/aromatic N) is 4. The number of carbonyl (C=O) groups excluding carboxylic acids is 2. The van der Waals surface area contributed by atoms with Gasteiger partial charge in [-0.2, -0.15) is 0 Å². The first kappa shape index (κ1) is 15.1. The molecule has 0 aliphatic carbocycles. The predicted octanol–water partition coefficient (Wildman–Crippen LogP) is 2.06. The quantitative estimate of drug-likeness (QED) is 0.368. The van der Waals surface area contributed by atoms with Gasteiger partial charge in [0.05, 0.1) is 11.6 Å². The largest absolute Gasteiger partial charge is 0.455 e. The third-order valence-corrected chi connectivity index (χ3v) is 3.91. The second-order valence-corrected chi connectivity index (χ2v) is 5.25. The Morgan fingerprint density at radius 1 is 1.43 bits per heavy atom. The summed E-state index contributed by atoms with van der Waals surface area (Å²) in [5.74, 6) is -0.713. The number of fused-ring (bicyclic) bond motifs is 1. The summed E-state index contributed by atoms with van der Waals surface area (Å²) in [7, 11) is 0. The first-order valence-corrected chi connectivity index (χ1v) is 6.99. The van der Waals surface area contributed by atoms with E-state index < -0.39 is 36.4 Å². The van der Waals surface area contributed by atoms with Crippen molar-refractivity contribution in [2.24, 2.45) is 5.11 Å². The van der Waals surface area contributed by atoms with E-state index in [2.05, 4.69) is 10.0 Å². The van der Waals surface area contributed by atoms with Gasteiger partial charge >= 0.3 is 12.1 Å². The van der Waals surface area contributed by atoms with E-state index in [1.807, 2.05) is 0 Å². The van der Waals surface area contributed by atoms with Gasteiger partial charge in [-0.3, -0.25) is 4.90 Å². The molecule has 4 atom stereocenters. The predicted molar refractivity (Wildman–Crippen MR) is 75.3 cm³/mol. The minimum atomic E-state index is -1.70. The van der Waals surface area contributed by atoms with Crippen LogP contribution in [-0.4, -0.2) is 54.5 Å². The van der Waals surface area contributed by atoms with Crippen LogP contribution in [0, 0.1) is 0 Å². The lowest BCUT2D eigenvalue weighted by molar-refractivity contribution is -0.0427. The molecule has 0 saturated carbocycles. The van der Waals surface area contributed by atoms with E-state index >= 15 is 0 Å². The van der Waals surface area contributed by atoms with Crippen molar-refractivity contribution < 1.29 is 23.5 Å². The molecule has 0 bridgehead atoms. The van der Waals surface area contributed by atoms with Crippen LogP contribution in [0.5, 0.6) is 0 Å². The number of carbonyl (C=O) groups is 2. The molecule has 1 aromatic rings. The van der Waals surface area contributed by atoms with E-state index in [0.29, 0.717) is 0 Å². The zero-order valence-electron chi connectivity index (χ0n) is 11.9. The number of ether oxygens (including phenoxy) is 2.